The number of hydrazine groups is 1. The van der Waals surface area contributed by atoms with Gasteiger partial charge in [0.25, 0.3) is 5.91 Å². The number of rotatable bonds is 3. The number of carbonyl (C=O) groups excluding carboxylic acids is 3. The molecule has 0 bridgehead atoms. The predicted octanol–water partition coefficient (Wildman–Crippen LogP) is 2.32. The van der Waals surface area contributed by atoms with Crippen LogP contribution in [0.1, 0.15) is 48.9 Å². The van der Waals surface area contributed by atoms with Crippen LogP contribution in [0.25, 0.3) is 0 Å². The Labute approximate surface area is 152 Å². The number of carbonyl (C=O) groups is 3. The Morgan fingerprint density at radius 1 is 1.08 bits per heavy atom. The van der Waals surface area contributed by atoms with Gasteiger partial charge in [-0.3, -0.25) is 19.8 Å². The maximum Gasteiger partial charge on any atom is 0.251 e. The Hall–Kier alpha value is -2.63. The summed E-state index contributed by atoms with van der Waals surface area (Å²) in [6.07, 6.45) is 9.42. The summed E-state index contributed by atoms with van der Waals surface area (Å²) in [5.41, 5.74) is 3.73. The van der Waals surface area contributed by atoms with Gasteiger partial charge in [0, 0.05) is 11.6 Å². The van der Waals surface area contributed by atoms with Crippen LogP contribution in [0, 0.1) is 11.8 Å². The molecule has 1 heterocycles. The quantitative estimate of drug-likeness (QED) is 0.819. The van der Waals surface area contributed by atoms with Crippen LogP contribution in [0.5, 0.6) is 0 Å². The molecule has 1 aliphatic heterocycles. The molecule has 26 heavy (non-hydrogen) atoms. The summed E-state index contributed by atoms with van der Waals surface area (Å²) >= 11 is 0. The summed E-state index contributed by atoms with van der Waals surface area (Å²) in [4.78, 5) is 37.7. The first-order valence-electron chi connectivity index (χ1n) is 9.34. The van der Waals surface area contributed by atoms with Gasteiger partial charge in [-0.2, -0.15) is 0 Å². The zero-order chi connectivity index (χ0) is 18.1. The highest BCUT2D eigenvalue weighted by atomic mass is 16.2. The highest BCUT2D eigenvalue weighted by molar-refractivity contribution is 6.05. The first-order chi connectivity index (χ1) is 12.6. The average Bonchev–Trinajstić information content (AvgIpc) is 3.18. The lowest BCUT2D eigenvalue weighted by Crippen LogP contribution is -2.59. The summed E-state index contributed by atoms with van der Waals surface area (Å²) in [7, 11) is 0. The van der Waals surface area contributed by atoms with Crippen molar-refractivity contribution in [3.05, 3.63) is 42.0 Å². The van der Waals surface area contributed by atoms with E-state index in [0.29, 0.717) is 24.1 Å². The molecule has 3 aliphatic rings. The van der Waals surface area contributed by atoms with Crippen molar-refractivity contribution in [3.8, 4) is 0 Å². The third-order valence-electron chi connectivity index (χ3n) is 5.59. The molecule has 2 fully saturated rings. The standard InChI is InChI=1S/C20H23N3O3/c24-18(21-14-7-1-2-8-14)13-6-5-9-15(12-13)23-20(26)17-11-4-3-10-16(17)19(25)22-23/h3-6,9,12,14,16-17H,1-2,7-8,10-11H2,(H,21,24)(H,22,25). The molecule has 1 saturated carbocycles. The van der Waals surface area contributed by atoms with Gasteiger partial charge in [0.2, 0.25) is 11.8 Å². The SMILES string of the molecule is O=C(NC1CCCC1)c1cccc(N2NC(=O)C3CC=CCC3C2=O)c1. The highest BCUT2D eigenvalue weighted by Gasteiger charge is 2.42. The number of benzene rings is 1. The van der Waals surface area contributed by atoms with Gasteiger partial charge in [0.05, 0.1) is 17.5 Å². The lowest BCUT2D eigenvalue weighted by atomic mass is 9.80. The van der Waals surface area contributed by atoms with Crippen LogP contribution in [-0.2, 0) is 9.59 Å². The minimum atomic E-state index is -0.329. The van der Waals surface area contributed by atoms with Gasteiger partial charge in [0.15, 0.2) is 0 Å². The van der Waals surface area contributed by atoms with Gasteiger partial charge >= 0.3 is 0 Å². The fourth-order valence-corrected chi connectivity index (χ4v) is 4.11. The minimum Gasteiger partial charge on any atom is -0.349 e. The van der Waals surface area contributed by atoms with Crippen molar-refractivity contribution in [2.45, 2.75) is 44.6 Å². The van der Waals surface area contributed by atoms with Crippen molar-refractivity contribution in [3.63, 3.8) is 0 Å². The topological polar surface area (TPSA) is 78.5 Å². The van der Waals surface area contributed by atoms with Crippen molar-refractivity contribution in [1.82, 2.24) is 10.7 Å². The fourth-order valence-electron chi connectivity index (χ4n) is 4.11. The van der Waals surface area contributed by atoms with Crippen molar-refractivity contribution >= 4 is 23.4 Å². The predicted molar refractivity (Wildman–Crippen MR) is 97.1 cm³/mol. The number of hydrogen-bond donors (Lipinski definition) is 2. The molecule has 2 N–H and O–H groups in total. The smallest absolute Gasteiger partial charge is 0.251 e. The molecule has 0 spiro atoms. The normalized spacial score (nSPS) is 25.8. The number of allylic oxidation sites excluding steroid dienone is 2. The Balaban J connectivity index is 1.54. The number of amides is 3. The summed E-state index contributed by atoms with van der Waals surface area (Å²) in [6.45, 7) is 0. The lowest BCUT2D eigenvalue weighted by molar-refractivity contribution is -0.139. The molecule has 2 atom stereocenters. The molecular formula is C20H23N3O3. The van der Waals surface area contributed by atoms with Crippen molar-refractivity contribution in [2.75, 3.05) is 5.01 Å². The number of nitrogens with zero attached hydrogens (tertiary/aromatic N) is 1. The summed E-state index contributed by atoms with van der Waals surface area (Å²) < 4.78 is 0. The van der Waals surface area contributed by atoms with E-state index in [2.05, 4.69) is 10.7 Å². The van der Waals surface area contributed by atoms with E-state index in [1.165, 1.54) is 5.01 Å². The molecule has 1 saturated heterocycles. The molecule has 6 nitrogen and oxygen atoms in total. The number of nitrogens with one attached hydrogen (secondary N) is 2. The monoisotopic (exact) mass is 353 g/mol. The molecule has 1 aromatic carbocycles. The van der Waals surface area contributed by atoms with E-state index in [-0.39, 0.29) is 35.6 Å². The van der Waals surface area contributed by atoms with Gasteiger partial charge in [-0.25, -0.2) is 5.01 Å². The molecular weight excluding hydrogens is 330 g/mol. The van der Waals surface area contributed by atoms with Crippen LogP contribution >= 0.6 is 0 Å². The van der Waals surface area contributed by atoms with Crippen LogP contribution in [0.4, 0.5) is 5.69 Å². The molecule has 2 unspecified atom stereocenters. The van der Waals surface area contributed by atoms with Crippen LogP contribution < -0.4 is 15.8 Å². The Morgan fingerprint density at radius 2 is 1.81 bits per heavy atom. The largest absolute Gasteiger partial charge is 0.349 e. The molecule has 4 rings (SSSR count). The number of fused-ring (bicyclic) bond motifs is 1. The molecule has 3 amide bonds. The van der Waals surface area contributed by atoms with Gasteiger partial charge < -0.3 is 5.32 Å². The Morgan fingerprint density at radius 3 is 2.58 bits per heavy atom. The first-order valence-corrected chi connectivity index (χ1v) is 9.34. The van der Waals surface area contributed by atoms with E-state index < -0.39 is 0 Å². The van der Waals surface area contributed by atoms with Crippen LogP contribution in [0.15, 0.2) is 36.4 Å². The lowest BCUT2D eigenvalue weighted by Gasteiger charge is -2.38. The highest BCUT2D eigenvalue weighted by Crippen LogP contribution is 2.32. The zero-order valence-electron chi connectivity index (χ0n) is 14.6. The molecule has 0 aromatic heterocycles. The fraction of sp³-hybridized carbons (Fsp3) is 0.450. The van der Waals surface area contributed by atoms with E-state index >= 15 is 0 Å². The molecule has 2 aliphatic carbocycles. The van der Waals surface area contributed by atoms with E-state index in [1.807, 2.05) is 12.2 Å². The van der Waals surface area contributed by atoms with Gasteiger partial charge in [0.1, 0.15) is 0 Å². The zero-order valence-corrected chi connectivity index (χ0v) is 14.6. The van der Waals surface area contributed by atoms with Gasteiger partial charge in [-0.05, 0) is 43.9 Å². The Bertz CT molecular complexity index is 767. The second-order valence-electron chi connectivity index (χ2n) is 7.31. The maximum atomic E-state index is 12.8. The molecule has 1 aromatic rings. The average molecular weight is 353 g/mol. The molecule has 0 radical (unpaired) electrons. The molecule has 136 valence electrons. The Kier molecular flexibility index (Phi) is 4.49. The second-order valence-corrected chi connectivity index (χ2v) is 7.31. The van der Waals surface area contributed by atoms with E-state index in [0.717, 1.165) is 25.7 Å². The first kappa shape index (κ1) is 16.8. The van der Waals surface area contributed by atoms with Crippen LogP contribution in [0.3, 0.4) is 0 Å². The van der Waals surface area contributed by atoms with Crippen molar-refractivity contribution in [2.24, 2.45) is 11.8 Å². The van der Waals surface area contributed by atoms with Crippen molar-refractivity contribution in [1.29, 1.82) is 0 Å². The minimum absolute atomic E-state index is 0.118. The third kappa shape index (κ3) is 3.11. The van der Waals surface area contributed by atoms with Crippen LogP contribution in [0.2, 0.25) is 0 Å². The van der Waals surface area contributed by atoms with Gasteiger partial charge in [-0.15, -0.1) is 0 Å². The van der Waals surface area contributed by atoms with Crippen molar-refractivity contribution < 1.29 is 14.4 Å². The number of anilines is 1. The van der Waals surface area contributed by atoms with Gasteiger partial charge in [-0.1, -0.05) is 31.1 Å². The summed E-state index contributed by atoms with van der Waals surface area (Å²) in [5, 5.41) is 4.35. The third-order valence-corrected chi connectivity index (χ3v) is 5.59. The second kappa shape index (κ2) is 6.94. The maximum absolute atomic E-state index is 12.8. The van der Waals surface area contributed by atoms with E-state index in [1.54, 1.807) is 24.3 Å². The summed E-state index contributed by atoms with van der Waals surface area (Å²) in [5.74, 6) is -1.01. The number of hydrogen-bond acceptors (Lipinski definition) is 3. The van der Waals surface area contributed by atoms with Crippen LogP contribution in [-0.4, -0.2) is 23.8 Å². The van der Waals surface area contributed by atoms with E-state index in [4.69, 9.17) is 0 Å². The van der Waals surface area contributed by atoms with E-state index in [9.17, 15) is 14.4 Å². The summed E-state index contributed by atoms with van der Waals surface area (Å²) in [6, 6.07) is 7.11. The molecule has 6 heteroatoms.